The first-order valence-corrected chi connectivity index (χ1v) is 9.28. The Kier molecular flexibility index (Phi) is 5.66. The lowest BCUT2D eigenvalue weighted by atomic mass is 10.1. The third kappa shape index (κ3) is 4.23. The van der Waals surface area contributed by atoms with Crippen LogP contribution in [0.4, 0.5) is 0 Å². The number of hydrogen-bond donors (Lipinski definition) is 1. The van der Waals surface area contributed by atoms with Gasteiger partial charge in [-0.2, -0.15) is 11.3 Å². The molecule has 0 unspecified atom stereocenters. The zero-order valence-electron chi connectivity index (χ0n) is 14.2. The SMILES string of the molecule is Cc1cc(C)cc(C(=O)NC[C@@H](c2ccsc2)N2CCOCC2)c1. The highest BCUT2D eigenvalue weighted by atomic mass is 32.1. The van der Waals surface area contributed by atoms with Gasteiger partial charge < -0.3 is 10.1 Å². The number of nitrogens with one attached hydrogen (secondary N) is 1. The first-order chi connectivity index (χ1) is 11.6. The number of thiophene rings is 1. The van der Waals surface area contributed by atoms with E-state index in [2.05, 4.69) is 33.1 Å². The van der Waals surface area contributed by atoms with E-state index < -0.39 is 0 Å². The fraction of sp³-hybridized carbons (Fsp3) is 0.421. The average Bonchev–Trinajstić information content (AvgIpc) is 3.09. The van der Waals surface area contributed by atoms with Gasteiger partial charge in [-0.1, -0.05) is 17.2 Å². The second kappa shape index (κ2) is 7.92. The summed E-state index contributed by atoms with van der Waals surface area (Å²) >= 11 is 1.70. The Labute approximate surface area is 147 Å². The minimum Gasteiger partial charge on any atom is -0.379 e. The van der Waals surface area contributed by atoms with Crippen LogP contribution in [0.2, 0.25) is 0 Å². The van der Waals surface area contributed by atoms with Crippen LogP contribution in [0.1, 0.15) is 33.1 Å². The molecule has 128 valence electrons. The normalized spacial score (nSPS) is 16.8. The van der Waals surface area contributed by atoms with Gasteiger partial charge in [-0.25, -0.2) is 0 Å². The molecule has 2 aromatic rings. The Balaban J connectivity index is 1.69. The van der Waals surface area contributed by atoms with E-state index in [1.54, 1.807) is 11.3 Å². The molecule has 0 bridgehead atoms. The summed E-state index contributed by atoms with van der Waals surface area (Å²) in [6.45, 7) is 7.97. The van der Waals surface area contributed by atoms with Crippen molar-refractivity contribution in [2.24, 2.45) is 0 Å². The van der Waals surface area contributed by atoms with Crippen LogP contribution in [0.5, 0.6) is 0 Å². The van der Waals surface area contributed by atoms with E-state index in [0.717, 1.165) is 43.0 Å². The summed E-state index contributed by atoms with van der Waals surface area (Å²) in [4.78, 5) is 15.0. The van der Waals surface area contributed by atoms with Gasteiger partial charge in [0.05, 0.1) is 19.3 Å². The first kappa shape index (κ1) is 17.1. The molecule has 1 aliphatic rings. The fourth-order valence-electron chi connectivity index (χ4n) is 3.21. The van der Waals surface area contributed by atoms with Gasteiger partial charge in [-0.05, 0) is 48.4 Å². The van der Waals surface area contributed by atoms with Gasteiger partial charge in [0.2, 0.25) is 0 Å². The molecule has 0 saturated carbocycles. The van der Waals surface area contributed by atoms with Crippen LogP contribution in [-0.2, 0) is 4.74 Å². The molecule has 1 atom stereocenters. The number of rotatable bonds is 5. The minimum atomic E-state index is -0.00436. The predicted octanol–water partition coefficient (Wildman–Crippen LogP) is 3.17. The molecule has 1 aromatic carbocycles. The monoisotopic (exact) mass is 344 g/mol. The summed E-state index contributed by atoms with van der Waals surface area (Å²) in [5.74, 6) is -0.00436. The maximum atomic E-state index is 12.6. The second-order valence-electron chi connectivity index (χ2n) is 6.31. The highest BCUT2D eigenvalue weighted by Gasteiger charge is 2.23. The lowest BCUT2D eigenvalue weighted by Crippen LogP contribution is -2.43. The van der Waals surface area contributed by atoms with Gasteiger partial charge in [0.1, 0.15) is 0 Å². The van der Waals surface area contributed by atoms with Crippen LogP contribution < -0.4 is 5.32 Å². The molecule has 3 rings (SSSR count). The zero-order chi connectivity index (χ0) is 16.9. The van der Waals surface area contributed by atoms with Crippen molar-refractivity contribution in [2.45, 2.75) is 19.9 Å². The van der Waals surface area contributed by atoms with Crippen molar-refractivity contribution in [3.63, 3.8) is 0 Å². The lowest BCUT2D eigenvalue weighted by molar-refractivity contribution is 0.0163. The molecule has 1 aliphatic heterocycles. The quantitative estimate of drug-likeness (QED) is 0.906. The van der Waals surface area contributed by atoms with Gasteiger partial charge in [-0.3, -0.25) is 9.69 Å². The van der Waals surface area contributed by atoms with E-state index >= 15 is 0 Å². The fourth-order valence-corrected chi connectivity index (χ4v) is 3.92. The van der Waals surface area contributed by atoms with Gasteiger partial charge in [0, 0.05) is 25.2 Å². The number of ether oxygens (including phenoxy) is 1. The summed E-state index contributed by atoms with van der Waals surface area (Å²) in [5.41, 5.74) is 4.23. The van der Waals surface area contributed by atoms with Gasteiger partial charge in [-0.15, -0.1) is 0 Å². The van der Waals surface area contributed by atoms with Gasteiger partial charge in [0.25, 0.3) is 5.91 Å². The number of benzene rings is 1. The topological polar surface area (TPSA) is 41.6 Å². The molecule has 1 amide bonds. The predicted molar refractivity (Wildman–Crippen MR) is 97.7 cm³/mol. The average molecular weight is 344 g/mol. The number of hydrogen-bond acceptors (Lipinski definition) is 4. The van der Waals surface area contributed by atoms with Crippen LogP contribution in [-0.4, -0.2) is 43.7 Å². The van der Waals surface area contributed by atoms with Crippen molar-refractivity contribution in [2.75, 3.05) is 32.8 Å². The van der Waals surface area contributed by atoms with Crippen molar-refractivity contribution in [1.29, 1.82) is 0 Å². The Morgan fingerprint density at radius 3 is 2.58 bits per heavy atom. The number of morpholine rings is 1. The van der Waals surface area contributed by atoms with Crippen LogP contribution in [0.3, 0.4) is 0 Å². The van der Waals surface area contributed by atoms with Crippen LogP contribution in [0.25, 0.3) is 0 Å². The number of nitrogens with zero attached hydrogens (tertiary/aromatic N) is 1. The molecule has 0 aliphatic carbocycles. The molecule has 0 spiro atoms. The highest BCUT2D eigenvalue weighted by Crippen LogP contribution is 2.23. The molecule has 24 heavy (non-hydrogen) atoms. The maximum absolute atomic E-state index is 12.6. The molecule has 1 N–H and O–H groups in total. The molecule has 1 aromatic heterocycles. The number of carbonyl (C=O) groups excluding carboxylic acids is 1. The van der Waals surface area contributed by atoms with E-state index in [0.29, 0.717) is 6.54 Å². The smallest absolute Gasteiger partial charge is 0.251 e. The second-order valence-corrected chi connectivity index (χ2v) is 7.09. The Bertz CT molecular complexity index is 658. The van der Waals surface area contributed by atoms with E-state index in [4.69, 9.17) is 4.74 Å². The summed E-state index contributed by atoms with van der Waals surface area (Å²) in [6.07, 6.45) is 0. The summed E-state index contributed by atoms with van der Waals surface area (Å²) < 4.78 is 5.46. The molecule has 1 saturated heterocycles. The van der Waals surface area contributed by atoms with Crippen molar-refractivity contribution in [3.8, 4) is 0 Å². The van der Waals surface area contributed by atoms with Crippen molar-refractivity contribution < 1.29 is 9.53 Å². The van der Waals surface area contributed by atoms with E-state index in [1.807, 2.05) is 26.0 Å². The lowest BCUT2D eigenvalue weighted by Gasteiger charge is -2.34. The third-order valence-electron chi connectivity index (χ3n) is 4.35. The Morgan fingerprint density at radius 2 is 1.96 bits per heavy atom. The Morgan fingerprint density at radius 1 is 1.25 bits per heavy atom. The van der Waals surface area contributed by atoms with Crippen LogP contribution >= 0.6 is 11.3 Å². The molecular formula is C19H24N2O2S. The van der Waals surface area contributed by atoms with E-state index in [-0.39, 0.29) is 11.9 Å². The standard InChI is InChI=1S/C19H24N2O2S/c1-14-9-15(2)11-17(10-14)19(22)20-12-18(16-3-8-24-13-16)21-4-6-23-7-5-21/h3,8-11,13,18H,4-7,12H2,1-2H3,(H,20,22)/t18-/m0/s1. The first-order valence-electron chi connectivity index (χ1n) is 8.34. The molecular weight excluding hydrogens is 320 g/mol. The maximum Gasteiger partial charge on any atom is 0.251 e. The largest absolute Gasteiger partial charge is 0.379 e. The molecule has 1 fully saturated rings. The van der Waals surface area contributed by atoms with Crippen molar-refractivity contribution in [1.82, 2.24) is 10.2 Å². The third-order valence-corrected chi connectivity index (χ3v) is 5.06. The number of amides is 1. The molecule has 2 heterocycles. The Hall–Kier alpha value is -1.69. The molecule has 5 heteroatoms. The summed E-state index contributed by atoms with van der Waals surface area (Å²) in [5, 5.41) is 7.38. The number of carbonyl (C=O) groups is 1. The van der Waals surface area contributed by atoms with Crippen LogP contribution in [0, 0.1) is 13.8 Å². The summed E-state index contributed by atoms with van der Waals surface area (Å²) in [7, 11) is 0. The summed E-state index contributed by atoms with van der Waals surface area (Å²) in [6, 6.07) is 8.31. The minimum absolute atomic E-state index is 0.00436. The molecule has 4 nitrogen and oxygen atoms in total. The van der Waals surface area contributed by atoms with Gasteiger partial charge >= 0.3 is 0 Å². The zero-order valence-corrected chi connectivity index (χ0v) is 15.1. The molecule has 0 radical (unpaired) electrons. The van der Waals surface area contributed by atoms with E-state index in [9.17, 15) is 4.79 Å². The number of aryl methyl sites for hydroxylation is 2. The van der Waals surface area contributed by atoms with E-state index in [1.165, 1.54) is 5.56 Å². The van der Waals surface area contributed by atoms with Crippen LogP contribution in [0.15, 0.2) is 35.0 Å². The van der Waals surface area contributed by atoms with Crippen molar-refractivity contribution >= 4 is 17.2 Å². The highest BCUT2D eigenvalue weighted by molar-refractivity contribution is 7.07. The van der Waals surface area contributed by atoms with Gasteiger partial charge in [0.15, 0.2) is 0 Å². The van der Waals surface area contributed by atoms with Crippen molar-refractivity contribution in [3.05, 3.63) is 57.3 Å².